The van der Waals surface area contributed by atoms with Crippen LogP contribution in [0.5, 0.6) is 0 Å². The quantitative estimate of drug-likeness (QED) is 0.0670. The highest BCUT2D eigenvalue weighted by molar-refractivity contribution is 5.94. The number of esters is 2. The van der Waals surface area contributed by atoms with E-state index < -0.39 is 30.1 Å². The van der Waals surface area contributed by atoms with E-state index in [1.165, 1.54) is 12.8 Å². The fraction of sp³-hybridized carbons (Fsp3) is 0.879. The van der Waals surface area contributed by atoms with Crippen molar-refractivity contribution in [2.24, 2.45) is 11.5 Å². The number of hydrogen-bond acceptors (Lipinski definition) is 8. The van der Waals surface area contributed by atoms with Gasteiger partial charge in [-0.2, -0.15) is 0 Å². The number of hydrogen-bond donors (Lipinski definition) is 3. The predicted octanol–water partition coefficient (Wildman–Crippen LogP) is 6.03. The molecule has 5 N–H and O–H groups in total. The van der Waals surface area contributed by atoms with Crippen LogP contribution in [-0.2, 0) is 28.7 Å². The van der Waals surface area contributed by atoms with E-state index in [0.29, 0.717) is 32.2 Å². The van der Waals surface area contributed by atoms with E-state index in [2.05, 4.69) is 5.32 Å². The van der Waals surface area contributed by atoms with Crippen LogP contribution in [0.3, 0.4) is 0 Å². The highest BCUT2D eigenvalue weighted by atomic mass is 16.6. The number of nitrogens with two attached hydrogens (primary N) is 2. The Hall–Kier alpha value is -2.00. The zero-order valence-electron chi connectivity index (χ0n) is 26.9. The normalized spacial score (nSPS) is 12.5. The number of carbonyl (C=O) groups is 4. The maximum atomic E-state index is 13.1. The molecule has 0 aromatic rings. The SMILES string of the molecule is CCCCC(=O)[C@H](OC(=O)CCCCCCCCCCN)[C@@H](OC(=O)CCCCCCCCCCN)C(=O)NCCC. The van der Waals surface area contributed by atoms with Crippen molar-refractivity contribution >= 4 is 23.6 Å². The average Bonchev–Trinajstić information content (AvgIpc) is 2.98. The summed E-state index contributed by atoms with van der Waals surface area (Å²) in [6, 6.07) is 0. The minimum absolute atomic E-state index is 0.152. The minimum atomic E-state index is -1.48. The maximum absolute atomic E-state index is 13.1. The van der Waals surface area contributed by atoms with Crippen LogP contribution in [0.25, 0.3) is 0 Å². The third-order valence-electron chi connectivity index (χ3n) is 7.36. The highest BCUT2D eigenvalue weighted by Crippen LogP contribution is 2.17. The molecule has 0 aliphatic carbocycles. The van der Waals surface area contributed by atoms with E-state index in [9.17, 15) is 19.2 Å². The summed E-state index contributed by atoms with van der Waals surface area (Å²) in [4.78, 5) is 51.7. The topological polar surface area (TPSA) is 151 Å². The molecule has 0 radical (unpaired) electrons. The van der Waals surface area contributed by atoms with Gasteiger partial charge in [0, 0.05) is 25.8 Å². The molecule has 0 saturated carbocycles. The summed E-state index contributed by atoms with van der Waals surface area (Å²) in [6.07, 6.45) is 16.1. The van der Waals surface area contributed by atoms with Crippen molar-refractivity contribution in [3.05, 3.63) is 0 Å². The van der Waals surface area contributed by atoms with E-state index in [1.807, 2.05) is 13.8 Å². The van der Waals surface area contributed by atoms with E-state index in [1.54, 1.807) is 0 Å². The molecule has 1 amide bonds. The predicted molar refractivity (Wildman–Crippen MR) is 169 cm³/mol. The second-order valence-corrected chi connectivity index (χ2v) is 11.4. The molecule has 0 aromatic carbocycles. The first-order valence-corrected chi connectivity index (χ1v) is 17.0. The number of ketones is 1. The van der Waals surface area contributed by atoms with Crippen molar-refractivity contribution in [3.63, 3.8) is 0 Å². The molecule has 0 fully saturated rings. The molecular formula is C33H63N3O6. The molecule has 0 rings (SSSR count). The molecule has 0 heterocycles. The molecular weight excluding hydrogens is 534 g/mol. The van der Waals surface area contributed by atoms with Crippen molar-refractivity contribution < 1.29 is 28.7 Å². The van der Waals surface area contributed by atoms with Gasteiger partial charge in [0.2, 0.25) is 12.2 Å². The Balaban J connectivity index is 4.98. The first-order chi connectivity index (χ1) is 20.4. The first-order valence-electron chi connectivity index (χ1n) is 17.0. The van der Waals surface area contributed by atoms with Gasteiger partial charge in [0.05, 0.1) is 0 Å². The number of carbonyl (C=O) groups excluding carboxylic acids is 4. The summed E-state index contributed by atoms with van der Waals surface area (Å²) in [7, 11) is 0. The van der Waals surface area contributed by atoms with Gasteiger partial charge in [0.25, 0.3) is 5.91 Å². The summed E-state index contributed by atoms with van der Waals surface area (Å²) in [5.41, 5.74) is 11.1. The van der Waals surface area contributed by atoms with Crippen LogP contribution in [0.1, 0.15) is 155 Å². The molecule has 2 atom stereocenters. The molecule has 0 spiro atoms. The van der Waals surface area contributed by atoms with Crippen LogP contribution in [0.4, 0.5) is 0 Å². The third kappa shape index (κ3) is 22.6. The van der Waals surface area contributed by atoms with Crippen molar-refractivity contribution in [2.45, 2.75) is 167 Å². The fourth-order valence-corrected chi connectivity index (χ4v) is 4.74. The summed E-state index contributed by atoms with van der Waals surface area (Å²) in [6.45, 7) is 5.71. The Labute approximate surface area is 256 Å². The van der Waals surface area contributed by atoms with E-state index in [4.69, 9.17) is 20.9 Å². The molecule has 0 unspecified atom stereocenters. The summed E-state index contributed by atoms with van der Waals surface area (Å²) >= 11 is 0. The standard InChI is InChI=1S/C33H63N3O6/c1-3-5-22-28(37)31(41-29(38)23-18-14-10-6-8-12-16-20-25-34)32(33(40)36-27-4-2)42-30(39)24-19-15-11-7-9-13-17-21-26-35/h31-32H,3-27,34-35H2,1-2H3,(H,36,40)/t31-,32+/m0/s1. The Morgan fingerprint density at radius 3 is 1.33 bits per heavy atom. The lowest BCUT2D eigenvalue weighted by atomic mass is 10.0. The number of Topliss-reactive ketones (excluding diaryl/α,β-unsaturated/α-hetero) is 1. The van der Waals surface area contributed by atoms with Crippen molar-refractivity contribution in [2.75, 3.05) is 19.6 Å². The number of rotatable bonds is 30. The number of amides is 1. The molecule has 0 aromatic heterocycles. The minimum Gasteiger partial charge on any atom is -0.450 e. The van der Waals surface area contributed by atoms with Crippen LogP contribution in [0, 0.1) is 0 Å². The zero-order chi connectivity index (χ0) is 31.3. The molecule has 0 bridgehead atoms. The fourth-order valence-electron chi connectivity index (χ4n) is 4.74. The Morgan fingerprint density at radius 1 is 0.524 bits per heavy atom. The van der Waals surface area contributed by atoms with Gasteiger partial charge >= 0.3 is 11.9 Å². The maximum Gasteiger partial charge on any atom is 0.306 e. The second kappa shape index (κ2) is 29.1. The van der Waals surface area contributed by atoms with Gasteiger partial charge in [-0.15, -0.1) is 0 Å². The van der Waals surface area contributed by atoms with Gasteiger partial charge in [-0.1, -0.05) is 97.3 Å². The Bertz CT molecular complexity index is 645. The van der Waals surface area contributed by atoms with Crippen molar-refractivity contribution in [1.29, 1.82) is 0 Å². The lowest BCUT2D eigenvalue weighted by Crippen LogP contribution is -2.50. The monoisotopic (exact) mass is 597 g/mol. The smallest absolute Gasteiger partial charge is 0.306 e. The molecule has 9 heteroatoms. The van der Waals surface area contributed by atoms with Gasteiger partial charge in [-0.3, -0.25) is 19.2 Å². The van der Waals surface area contributed by atoms with Gasteiger partial charge < -0.3 is 26.3 Å². The van der Waals surface area contributed by atoms with E-state index in [0.717, 1.165) is 96.6 Å². The number of nitrogens with one attached hydrogen (secondary N) is 1. The second-order valence-electron chi connectivity index (χ2n) is 11.4. The summed E-state index contributed by atoms with van der Waals surface area (Å²) in [5, 5.41) is 2.72. The van der Waals surface area contributed by atoms with E-state index >= 15 is 0 Å². The molecule has 9 nitrogen and oxygen atoms in total. The van der Waals surface area contributed by atoms with Gasteiger partial charge in [0.15, 0.2) is 5.78 Å². The molecule has 246 valence electrons. The van der Waals surface area contributed by atoms with Gasteiger partial charge in [0.1, 0.15) is 0 Å². The van der Waals surface area contributed by atoms with Crippen LogP contribution < -0.4 is 16.8 Å². The van der Waals surface area contributed by atoms with Crippen LogP contribution in [0.15, 0.2) is 0 Å². The molecule has 0 saturated heterocycles. The molecule has 0 aliphatic rings. The number of ether oxygens (including phenoxy) is 2. The third-order valence-corrected chi connectivity index (χ3v) is 7.36. The van der Waals surface area contributed by atoms with Crippen LogP contribution in [0.2, 0.25) is 0 Å². The van der Waals surface area contributed by atoms with Crippen LogP contribution >= 0.6 is 0 Å². The lowest BCUT2D eigenvalue weighted by Gasteiger charge is -2.25. The summed E-state index contributed by atoms with van der Waals surface area (Å²) < 4.78 is 11.2. The summed E-state index contributed by atoms with van der Waals surface area (Å²) in [5.74, 6) is -2.07. The van der Waals surface area contributed by atoms with Crippen molar-refractivity contribution in [1.82, 2.24) is 5.32 Å². The van der Waals surface area contributed by atoms with Crippen LogP contribution in [-0.4, -0.2) is 55.5 Å². The average molecular weight is 598 g/mol. The van der Waals surface area contributed by atoms with Crippen molar-refractivity contribution in [3.8, 4) is 0 Å². The lowest BCUT2D eigenvalue weighted by molar-refractivity contribution is -0.176. The zero-order valence-corrected chi connectivity index (χ0v) is 26.9. The van der Waals surface area contributed by atoms with Gasteiger partial charge in [-0.25, -0.2) is 0 Å². The first kappa shape index (κ1) is 40.0. The molecule has 0 aliphatic heterocycles. The number of unbranched alkanes of at least 4 members (excludes halogenated alkanes) is 15. The highest BCUT2D eigenvalue weighted by Gasteiger charge is 2.39. The largest absolute Gasteiger partial charge is 0.450 e. The molecule has 42 heavy (non-hydrogen) atoms. The Kier molecular flexibility index (Phi) is 27.7. The Morgan fingerprint density at radius 2 is 0.929 bits per heavy atom. The van der Waals surface area contributed by atoms with Gasteiger partial charge in [-0.05, 0) is 51.6 Å². The van der Waals surface area contributed by atoms with E-state index in [-0.39, 0.29) is 25.0 Å².